The molecule has 0 radical (unpaired) electrons. The molecule has 2 nitrogen and oxygen atoms in total. The van der Waals surface area contributed by atoms with Gasteiger partial charge in [0, 0.05) is 13.1 Å². The Hall–Kier alpha value is -0.860. The standard InChI is InChI=1S/C19H29NO/c1-13-8-14(2)19(15(3)9-13)18-12-20-11-17(21-18)10-16-6-4-5-7-16/h8-9,16-18,20H,4-7,10-12H2,1-3H3. The number of rotatable bonds is 3. The number of ether oxygens (including phenoxy) is 1. The molecule has 2 unspecified atom stereocenters. The number of aryl methyl sites for hydroxylation is 3. The fourth-order valence-corrected chi connectivity index (χ4v) is 4.33. The molecule has 1 aromatic carbocycles. The van der Waals surface area contributed by atoms with Gasteiger partial charge in [-0.2, -0.15) is 0 Å². The predicted octanol–water partition coefficient (Wildman–Crippen LogP) is 4.22. The van der Waals surface area contributed by atoms with E-state index in [1.54, 1.807) is 0 Å². The number of hydrogen-bond acceptors (Lipinski definition) is 2. The molecule has 2 heteroatoms. The average Bonchev–Trinajstić information content (AvgIpc) is 2.91. The Morgan fingerprint density at radius 3 is 2.38 bits per heavy atom. The Morgan fingerprint density at radius 2 is 1.71 bits per heavy atom. The highest BCUT2D eigenvalue weighted by molar-refractivity contribution is 5.39. The lowest BCUT2D eigenvalue weighted by Crippen LogP contribution is -2.41. The Bertz CT molecular complexity index is 467. The Kier molecular flexibility index (Phi) is 4.66. The van der Waals surface area contributed by atoms with Crippen LogP contribution in [0.2, 0.25) is 0 Å². The summed E-state index contributed by atoms with van der Waals surface area (Å²) in [6.07, 6.45) is 7.53. The van der Waals surface area contributed by atoms with E-state index in [4.69, 9.17) is 4.74 Å². The molecule has 2 atom stereocenters. The number of hydrogen-bond donors (Lipinski definition) is 1. The van der Waals surface area contributed by atoms with Gasteiger partial charge in [0.1, 0.15) is 0 Å². The Morgan fingerprint density at radius 1 is 1.05 bits per heavy atom. The van der Waals surface area contributed by atoms with Crippen LogP contribution < -0.4 is 5.32 Å². The molecular formula is C19H29NO. The first kappa shape index (κ1) is 15.1. The minimum atomic E-state index is 0.228. The van der Waals surface area contributed by atoms with Crippen LogP contribution in [-0.2, 0) is 4.74 Å². The molecule has 3 rings (SSSR count). The molecule has 1 N–H and O–H groups in total. The van der Waals surface area contributed by atoms with Gasteiger partial charge in [0.2, 0.25) is 0 Å². The second-order valence-corrected chi connectivity index (χ2v) is 7.10. The minimum absolute atomic E-state index is 0.228. The van der Waals surface area contributed by atoms with Crippen molar-refractivity contribution < 1.29 is 4.74 Å². The second kappa shape index (κ2) is 6.50. The van der Waals surface area contributed by atoms with Crippen LogP contribution in [0.15, 0.2) is 12.1 Å². The molecule has 0 amide bonds. The van der Waals surface area contributed by atoms with Crippen molar-refractivity contribution in [2.75, 3.05) is 13.1 Å². The molecule has 21 heavy (non-hydrogen) atoms. The van der Waals surface area contributed by atoms with Crippen molar-refractivity contribution in [3.8, 4) is 0 Å². The summed E-state index contributed by atoms with van der Waals surface area (Å²) in [5, 5.41) is 3.60. The van der Waals surface area contributed by atoms with E-state index in [0.29, 0.717) is 6.10 Å². The van der Waals surface area contributed by atoms with Crippen molar-refractivity contribution in [1.29, 1.82) is 0 Å². The maximum atomic E-state index is 6.47. The Labute approximate surface area is 129 Å². The topological polar surface area (TPSA) is 21.3 Å². The first-order valence-corrected chi connectivity index (χ1v) is 8.57. The summed E-state index contributed by atoms with van der Waals surface area (Å²) in [5.41, 5.74) is 5.51. The highest BCUT2D eigenvalue weighted by Gasteiger charge is 2.28. The molecule has 0 spiro atoms. The SMILES string of the molecule is Cc1cc(C)c(C2CNCC(CC3CCCC3)O2)c(C)c1. The number of benzene rings is 1. The molecule has 2 fully saturated rings. The van der Waals surface area contributed by atoms with Gasteiger partial charge in [0.15, 0.2) is 0 Å². The third-order valence-electron chi connectivity index (χ3n) is 5.19. The maximum absolute atomic E-state index is 6.47. The zero-order chi connectivity index (χ0) is 14.8. The van der Waals surface area contributed by atoms with Crippen LogP contribution in [-0.4, -0.2) is 19.2 Å². The average molecular weight is 287 g/mol. The molecule has 1 saturated carbocycles. The van der Waals surface area contributed by atoms with E-state index >= 15 is 0 Å². The summed E-state index contributed by atoms with van der Waals surface area (Å²) in [4.78, 5) is 0. The van der Waals surface area contributed by atoms with Gasteiger partial charge >= 0.3 is 0 Å². The van der Waals surface area contributed by atoms with Gasteiger partial charge in [-0.25, -0.2) is 0 Å². The fourth-order valence-electron chi connectivity index (χ4n) is 4.33. The summed E-state index contributed by atoms with van der Waals surface area (Å²) in [6.45, 7) is 8.59. The third kappa shape index (κ3) is 3.49. The summed E-state index contributed by atoms with van der Waals surface area (Å²) < 4.78 is 6.47. The molecule has 1 aromatic rings. The number of morpholine rings is 1. The van der Waals surface area contributed by atoms with Crippen LogP contribution in [0.1, 0.15) is 60.5 Å². The maximum Gasteiger partial charge on any atom is 0.0958 e. The summed E-state index contributed by atoms with van der Waals surface area (Å²) >= 11 is 0. The van der Waals surface area contributed by atoms with Crippen molar-refractivity contribution in [3.05, 3.63) is 34.4 Å². The van der Waals surface area contributed by atoms with Gasteiger partial charge in [0.05, 0.1) is 12.2 Å². The van der Waals surface area contributed by atoms with Crippen LogP contribution in [0.3, 0.4) is 0 Å². The zero-order valence-electron chi connectivity index (χ0n) is 13.7. The van der Waals surface area contributed by atoms with Crippen LogP contribution in [0, 0.1) is 26.7 Å². The van der Waals surface area contributed by atoms with Gasteiger partial charge in [-0.1, -0.05) is 43.4 Å². The monoisotopic (exact) mass is 287 g/mol. The summed E-state index contributed by atoms with van der Waals surface area (Å²) in [6, 6.07) is 4.57. The van der Waals surface area contributed by atoms with E-state index in [1.807, 2.05) is 0 Å². The van der Waals surface area contributed by atoms with Crippen LogP contribution in [0.25, 0.3) is 0 Å². The van der Waals surface area contributed by atoms with E-state index in [-0.39, 0.29) is 6.10 Å². The van der Waals surface area contributed by atoms with Gasteiger partial charge in [-0.05, 0) is 49.8 Å². The number of nitrogens with one attached hydrogen (secondary N) is 1. The van der Waals surface area contributed by atoms with Crippen molar-refractivity contribution >= 4 is 0 Å². The van der Waals surface area contributed by atoms with E-state index < -0.39 is 0 Å². The van der Waals surface area contributed by atoms with Gasteiger partial charge in [0.25, 0.3) is 0 Å². The molecule has 0 aromatic heterocycles. The van der Waals surface area contributed by atoms with Gasteiger partial charge < -0.3 is 10.1 Å². The normalized spacial score (nSPS) is 27.2. The van der Waals surface area contributed by atoms with Crippen molar-refractivity contribution in [3.63, 3.8) is 0 Å². The van der Waals surface area contributed by atoms with E-state index in [0.717, 1.165) is 19.0 Å². The van der Waals surface area contributed by atoms with Crippen molar-refractivity contribution in [2.24, 2.45) is 5.92 Å². The Balaban J connectivity index is 1.70. The summed E-state index contributed by atoms with van der Waals surface area (Å²) in [5.74, 6) is 0.899. The van der Waals surface area contributed by atoms with E-state index in [1.165, 1.54) is 54.4 Å². The molecular weight excluding hydrogens is 258 g/mol. The fraction of sp³-hybridized carbons (Fsp3) is 0.684. The van der Waals surface area contributed by atoms with Crippen LogP contribution in [0.5, 0.6) is 0 Å². The smallest absolute Gasteiger partial charge is 0.0958 e. The zero-order valence-corrected chi connectivity index (χ0v) is 13.7. The first-order valence-electron chi connectivity index (χ1n) is 8.57. The van der Waals surface area contributed by atoms with Crippen molar-refractivity contribution in [2.45, 2.75) is 65.1 Å². The van der Waals surface area contributed by atoms with E-state index in [2.05, 4.69) is 38.2 Å². The lowest BCUT2D eigenvalue weighted by atomic mass is 9.93. The third-order valence-corrected chi connectivity index (χ3v) is 5.19. The molecule has 2 aliphatic rings. The molecule has 1 aliphatic carbocycles. The first-order chi connectivity index (χ1) is 10.1. The molecule has 1 saturated heterocycles. The molecule has 0 bridgehead atoms. The lowest BCUT2D eigenvalue weighted by Gasteiger charge is -2.34. The second-order valence-electron chi connectivity index (χ2n) is 7.10. The summed E-state index contributed by atoms with van der Waals surface area (Å²) in [7, 11) is 0. The molecule has 1 heterocycles. The largest absolute Gasteiger partial charge is 0.368 e. The lowest BCUT2D eigenvalue weighted by molar-refractivity contribution is -0.0494. The molecule has 116 valence electrons. The highest BCUT2D eigenvalue weighted by Crippen LogP contribution is 2.33. The van der Waals surface area contributed by atoms with Crippen molar-refractivity contribution in [1.82, 2.24) is 5.32 Å². The molecule has 1 aliphatic heterocycles. The quantitative estimate of drug-likeness (QED) is 0.898. The van der Waals surface area contributed by atoms with Crippen LogP contribution >= 0.6 is 0 Å². The van der Waals surface area contributed by atoms with Gasteiger partial charge in [-0.3, -0.25) is 0 Å². The highest BCUT2D eigenvalue weighted by atomic mass is 16.5. The minimum Gasteiger partial charge on any atom is -0.368 e. The van der Waals surface area contributed by atoms with Crippen LogP contribution in [0.4, 0.5) is 0 Å². The van der Waals surface area contributed by atoms with E-state index in [9.17, 15) is 0 Å². The van der Waals surface area contributed by atoms with Gasteiger partial charge in [-0.15, -0.1) is 0 Å². The predicted molar refractivity (Wildman–Crippen MR) is 87.7 cm³/mol.